The van der Waals surface area contributed by atoms with E-state index in [-0.39, 0.29) is 4.90 Å². The smallest absolute Gasteiger partial charge is 0.242 e. The minimum Gasteiger partial charge on any atom is -0.397 e. The van der Waals surface area contributed by atoms with E-state index < -0.39 is 10.0 Å². The summed E-state index contributed by atoms with van der Waals surface area (Å²) >= 11 is 0. The van der Waals surface area contributed by atoms with Crippen LogP contribution in [0.4, 0.5) is 11.4 Å². The molecule has 1 aliphatic carbocycles. The fourth-order valence-electron chi connectivity index (χ4n) is 2.86. The molecule has 0 saturated heterocycles. The molecule has 1 unspecified atom stereocenters. The van der Waals surface area contributed by atoms with Gasteiger partial charge in [0.25, 0.3) is 0 Å². The van der Waals surface area contributed by atoms with E-state index in [1.54, 1.807) is 12.1 Å². The van der Waals surface area contributed by atoms with Gasteiger partial charge in [-0.25, -0.2) is 12.7 Å². The van der Waals surface area contributed by atoms with Crippen molar-refractivity contribution >= 4 is 21.4 Å². The Bertz CT molecular complexity index is 593. The standard InChI is InChI=1S/C15H25N3O2S/c1-11(12-6-4-5-7-12)17-15-9-8-13(10-14(15)16)21(19,20)18(2)3/h8-12,17H,4-7,16H2,1-3H3. The van der Waals surface area contributed by atoms with Crippen LogP contribution in [0.15, 0.2) is 23.1 Å². The Morgan fingerprint density at radius 1 is 1.29 bits per heavy atom. The second kappa shape index (κ2) is 6.23. The highest BCUT2D eigenvalue weighted by molar-refractivity contribution is 7.89. The van der Waals surface area contributed by atoms with E-state index in [0.717, 1.165) is 5.69 Å². The van der Waals surface area contributed by atoms with Crippen LogP contribution in [0, 0.1) is 5.92 Å². The zero-order valence-corrected chi connectivity index (χ0v) is 13.8. The molecule has 2 rings (SSSR count). The third-order valence-electron chi connectivity index (χ3n) is 4.29. The average molecular weight is 311 g/mol. The van der Waals surface area contributed by atoms with Crippen molar-refractivity contribution in [2.75, 3.05) is 25.1 Å². The molecule has 0 spiro atoms. The Morgan fingerprint density at radius 2 is 1.90 bits per heavy atom. The van der Waals surface area contributed by atoms with E-state index in [0.29, 0.717) is 17.6 Å². The first-order valence-electron chi connectivity index (χ1n) is 7.41. The molecule has 3 N–H and O–H groups in total. The van der Waals surface area contributed by atoms with Crippen molar-refractivity contribution < 1.29 is 8.42 Å². The maximum Gasteiger partial charge on any atom is 0.242 e. The summed E-state index contributed by atoms with van der Waals surface area (Å²) < 4.78 is 25.3. The normalized spacial score (nSPS) is 18.1. The van der Waals surface area contributed by atoms with Crippen LogP contribution in [0.5, 0.6) is 0 Å². The van der Waals surface area contributed by atoms with Crippen LogP contribution in [-0.2, 0) is 10.0 Å². The summed E-state index contributed by atoms with van der Waals surface area (Å²) in [6, 6.07) is 5.25. The fraction of sp³-hybridized carbons (Fsp3) is 0.600. The van der Waals surface area contributed by atoms with Crippen molar-refractivity contribution in [2.24, 2.45) is 5.92 Å². The molecule has 0 radical (unpaired) electrons. The van der Waals surface area contributed by atoms with Crippen molar-refractivity contribution in [3.05, 3.63) is 18.2 Å². The number of hydrogen-bond acceptors (Lipinski definition) is 4. The van der Waals surface area contributed by atoms with Gasteiger partial charge in [-0.15, -0.1) is 0 Å². The Hall–Kier alpha value is -1.27. The number of nitrogens with one attached hydrogen (secondary N) is 1. The van der Waals surface area contributed by atoms with E-state index in [4.69, 9.17) is 5.73 Å². The molecule has 1 aromatic rings. The van der Waals surface area contributed by atoms with Gasteiger partial charge < -0.3 is 11.1 Å². The molecule has 0 bridgehead atoms. The average Bonchev–Trinajstić information content (AvgIpc) is 2.94. The molecular weight excluding hydrogens is 286 g/mol. The number of sulfonamides is 1. The molecule has 1 aromatic carbocycles. The molecule has 0 aromatic heterocycles. The van der Waals surface area contributed by atoms with Gasteiger partial charge in [-0.1, -0.05) is 12.8 Å². The highest BCUT2D eigenvalue weighted by Gasteiger charge is 2.23. The van der Waals surface area contributed by atoms with Crippen LogP contribution < -0.4 is 11.1 Å². The number of nitrogen functional groups attached to an aromatic ring is 1. The number of benzene rings is 1. The highest BCUT2D eigenvalue weighted by Crippen LogP contribution is 2.31. The van der Waals surface area contributed by atoms with E-state index in [1.807, 2.05) is 0 Å². The highest BCUT2D eigenvalue weighted by atomic mass is 32.2. The molecule has 1 fully saturated rings. The summed E-state index contributed by atoms with van der Waals surface area (Å²) in [6.45, 7) is 2.17. The maximum absolute atomic E-state index is 12.1. The largest absolute Gasteiger partial charge is 0.397 e. The van der Waals surface area contributed by atoms with E-state index in [2.05, 4.69) is 12.2 Å². The minimum atomic E-state index is -3.43. The summed E-state index contributed by atoms with van der Waals surface area (Å²) in [7, 11) is -0.407. The molecule has 21 heavy (non-hydrogen) atoms. The summed E-state index contributed by atoms with van der Waals surface area (Å²) in [5.41, 5.74) is 7.31. The lowest BCUT2D eigenvalue weighted by atomic mass is 9.99. The predicted octanol–water partition coefficient (Wildman–Crippen LogP) is 2.51. The Labute approximate surface area is 127 Å². The molecule has 118 valence electrons. The second-order valence-corrected chi connectivity index (χ2v) is 8.17. The SMILES string of the molecule is CC(Nc1ccc(S(=O)(=O)N(C)C)cc1N)C1CCCC1. The lowest BCUT2D eigenvalue weighted by Crippen LogP contribution is -2.25. The molecule has 0 heterocycles. The number of anilines is 2. The maximum atomic E-state index is 12.1. The van der Waals surface area contributed by atoms with Crippen LogP contribution in [-0.4, -0.2) is 32.9 Å². The van der Waals surface area contributed by atoms with E-state index in [9.17, 15) is 8.42 Å². The van der Waals surface area contributed by atoms with Gasteiger partial charge in [0.05, 0.1) is 16.3 Å². The lowest BCUT2D eigenvalue weighted by molar-refractivity contribution is 0.482. The second-order valence-electron chi connectivity index (χ2n) is 6.01. The van der Waals surface area contributed by atoms with Crippen LogP contribution in [0.1, 0.15) is 32.6 Å². The first-order valence-corrected chi connectivity index (χ1v) is 8.85. The molecule has 0 aliphatic heterocycles. The minimum absolute atomic E-state index is 0.226. The summed E-state index contributed by atoms with van der Waals surface area (Å²) in [5, 5.41) is 3.43. The first kappa shape index (κ1) is 16.1. The zero-order valence-electron chi connectivity index (χ0n) is 13.0. The molecule has 1 atom stereocenters. The van der Waals surface area contributed by atoms with Gasteiger partial charge in [0.1, 0.15) is 0 Å². The Balaban J connectivity index is 2.16. The van der Waals surface area contributed by atoms with Gasteiger partial charge in [-0.05, 0) is 43.9 Å². The van der Waals surface area contributed by atoms with Crippen molar-refractivity contribution in [3.8, 4) is 0 Å². The topological polar surface area (TPSA) is 75.4 Å². The lowest BCUT2D eigenvalue weighted by Gasteiger charge is -2.23. The molecule has 5 nitrogen and oxygen atoms in total. The first-order chi connectivity index (χ1) is 9.82. The van der Waals surface area contributed by atoms with Gasteiger partial charge in [0.15, 0.2) is 0 Å². The summed E-state index contributed by atoms with van der Waals surface area (Å²) in [4.78, 5) is 0.226. The molecule has 0 amide bonds. The monoisotopic (exact) mass is 311 g/mol. The van der Waals surface area contributed by atoms with Crippen molar-refractivity contribution in [1.82, 2.24) is 4.31 Å². The summed E-state index contributed by atoms with van der Waals surface area (Å²) in [5.74, 6) is 0.676. The van der Waals surface area contributed by atoms with Crippen LogP contribution in [0.3, 0.4) is 0 Å². The number of rotatable bonds is 5. The van der Waals surface area contributed by atoms with Crippen molar-refractivity contribution in [1.29, 1.82) is 0 Å². The Morgan fingerprint density at radius 3 is 2.43 bits per heavy atom. The van der Waals surface area contributed by atoms with Gasteiger partial charge in [-0.3, -0.25) is 0 Å². The van der Waals surface area contributed by atoms with Crippen molar-refractivity contribution in [2.45, 2.75) is 43.5 Å². The van der Waals surface area contributed by atoms with Gasteiger partial charge in [-0.2, -0.15) is 0 Å². The van der Waals surface area contributed by atoms with Gasteiger partial charge in [0, 0.05) is 20.1 Å². The number of nitrogens with two attached hydrogens (primary N) is 1. The quantitative estimate of drug-likeness (QED) is 0.819. The third kappa shape index (κ3) is 3.49. The van der Waals surface area contributed by atoms with Crippen molar-refractivity contribution in [3.63, 3.8) is 0 Å². The molecule has 1 saturated carbocycles. The molecule has 1 aliphatic rings. The van der Waals surface area contributed by atoms with Crippen LogP contribution in [0.25, 0.3) is 0 Å². The summed E-state index contributed by atoms with van der Waals surface area (Å²) in [6.07, 6.45) is 5.10. The Kier molecular flexibility index (Phi) is 4.78. The van der Waals surface area contributed by atoms with Gasteiger partial charge >= 0.3 is 0 Å². The molecule has 6 heteroatoms. The predicted molar refractivity (Wildman–Crippen MR) is 86.8 cm³/mol. The fourth-order valence-corrected chi connectivity index (χ4v) is 3.80. The number of nitrogens with zero attached hydrogens (tertiary/aromatic N) is 1. The van der Waals surface area contributed by atoms with Gasteiger partial charge in [0.2, 0.25) is 10.0 Å². The zero-order chi connectivity index (χ0) is 15.6. The third-order valence-corrected chi connectivity index (χ3v) is 6.10. The van der Waals surface area contributed by atoms with E-state index in [1.165, 1.54) is 50.2 Å². The van der Waals surface area contributed by atoms with E-state index >= 15 is 0 Å². The van der Waals surface area contributed by atoms with Crippen LogP contribution >= 0.6 is 0 Å². The molecular formula is C15H25N3O2S. The van der Waals surface area contributed by atoms with Crippen LogP contribution in [0.2, 0.25) is 0 Å². The number of hydrogen-bond donors (Lipinski definition) is 2.